The topological polar surface area (TPSA) is 41.6 Å². The monoisotopic (exact) mass is 266 g/mol. The molecular weight excluding hydrogens is 247 g/mol. The van der Waals surface area contributed by atoms with Crippen LogP contribution in [0.5, 0.6) is 0 Å². The predicted molar refractivity (Wildman–Crippen MR) is 70.2 cm³/mol. The molecule has 5 heteroatoms. The molecule has 1 heterocycles. The molecule has 0 radical (unpaired) electrons. The van der Waals surface area contributed by atoms with E-state index in [1.54, 1.807) is 12.1 Å². The Labute approximate surface area is 112 Å². The van der Waals surface area contributed by atoms with Crippen molar-refractivity contribution >= 4 is 5.91 Å². The van der Waals surface area contributed by atoms with Crippen molar-refractivity contribution in [1.29, 1.82) is 0 Å². The Hall–Kier alpha value is -1.46. The smallest absolute Gasteiger partial charge is 0.234 e. The van der Waals surface area contributed by atoms with Crippen molar-refractivity contribution < 1.29 is 13.9 Å². The number of benzene rings is 1. The lowest BCUT2D eigenvalue weighted by Crippen LogP contribution is -2.43. The average Bonchev–Trinajstić information content (AvgIpc) is 2.40. The van der Waals surface area contributed by atoms with Crippen LogP contribution in [-0.4, -0.2) is 43.7 Å². The summed E-state index contributed by atoms with van der Waals surface area (Å²) in [6, 6.07) is 6.07. The maximum Gasteiger partial charge on any atom is 0.234 e. The van der Waals surface area contributed by atoms with Gasteiger partial charge >= 0.3 is 0 Å². The quantitative estimate of drug-likeness (QED) is 0.894. The maximum atomic E-state index is 12.8. The summed E-state index contributed by atoms with van der Waals surface area (Å²) in [4.78, 5) is 14.0. The normalized spacial score (nSPS) is 18.0. The molecule has 104 valence electrons. The molecule has 0 aromatic heterocycles. The Morgan fingerprint density at radius 3 is 2.63 bits per heavy atom. The summed E-state index contributed by atoms with van der Waals surface area (Å²) in [5, 5.41) is 2.92. The van der Waals surface area contributed by atoms with E-state index < -0.39 is 0 Å². The molecule has 1 atom stereocenters. The van der Waals surface area contributed by atoms with Crippen LogP contribution in [0, 0.1) is 5.82 Å². The highest BCUT2D eigenvalue weighted by atomic mass is 19.1. The fourth-order valence-electron chi connectivity index (χ4n) is 2.08. The Morgan fingerprint density at radius 2 is 2.00 bits per heavy atom. The third-order valence-corrected chi connectivity index (χ3v) is 3.22. The molecule has 4 nitrogen and oxygen atoms in total. The lowest BCUT2D eigenvalue weighted by Gasteiger charge is -2.26. The molecule has 1 N–H and O–H groups in total. The van der Waals surface area contributed by atoms with Gasteiger partial charge in [0.2, 0.25) is 5.91 Å². The van der Waals surface area contributed by atoms with Crippen LogP contribution in [-0.2, 0) is 9.53 Å². The van der Waals surface area contributed by atoms with Gasteiger partial charge in [-0.3, -0.25) is 9.69 Å². The van der Waals surface area contributed by atoms with E-state index in [0.29, 0.717) is 19.8 Å². The van der Waals surface area contributed by atoms with E-state index in [0.717, 1.165) is 18.7 Å². The number of amides is 1. The molecule has 2 rings (SSSR count). The van der Waals surface area contributed by atoms with Gasteiger partial charge in [0.05, 0.1) is 25.8 Å². The second-order valence-corrected chi connectivity index (χ2v) is 4.73. The van der Waals surface area contributed by atoms with Crippen LogP contribution in [0.2, 0.25) is 0 Å². The third-order valence-electron chi connectivity index (χ3n) is 3.22. The van der Waals surface area contributed by atoms with Crippen LogP contribution in [0.25, 0.3) is 0 Å². The van der Waals surface area contributed by atoms with Gasteiger partial charge in [-0.05, 0) is 24.6 Å². The van der Waals surface area contributed by atoms with Crippen LogP contribution in [0.4, 0.5) is 4.39 Å². The van der Waals surface area contributed by atoms with Gasteiger partial charge in [-0.25, -0.2) is 4.39 Å². The summed E-state index contributed by atoms with van der Waals surface area (Å²) >= 11 is 0. The first kappa shape index (κ1) is 14.0. The number of halogens is 1. The Kier molecular flexibility index (Phi) is 4.87. The minimum absolute atomic E-state index is 0.0151. The first-order valence-corrected chi connectivity index (χ1v) is 6.50. The van der Waals surface area contributed by atoms with E-state index in [1.165, 1.54) is 12.1 Å². The van der Waals surface area contributed by atoms with Gasteiger partial charge in [-0.15, -0.1) is 0 Å². The Bertz CT molecular complexity index is 416. The fraction of sp³-hybridized carbons (Fsp3) is 0.500. The molecule has 0 unspecified atom stereocenters. The summed E-state index contributed by atoms with van der Waals surface area (Å²) in [6.45, 7) is 5.22. The summed E-state index contributed by atoms with van der Waals surface area (Å²) in [6.07, 6.45) is 0. The van der Waals surface area contributed by atoms with E-state index in [1.807, 2.05) is 6.92 Å². The summed E-state index contributed by atoms with van der Waals surface area (Å²) in [7, 11) is 0. The highest BCUT2D eigenvalue weighted by molar-refractivity contribution is 5.78. The van der Waals surface area contributed by atoms with Crippen molar-refractivity contribution in [3.05, 3.63) is 35.6 Å². The number of hydrogen-bond donors (Lipinski definition) is 1. The van der Waals surface area contributed by atoms with Crippen molar-refractivity contribution in [1.82, 2.24) is 10.2 Å². The SMILES string of the molecule is C[C@@H](NC(=O)CN1CCOCC1)c1ccc(F)cc1. The van der Waals surface area contributed by atoms with Gasteiger partial charge in [0.1, 0.15) is 5.82 Å². The number of carbonyl (C=O) groups is 1. The molecule has 1 fully saturated rings. The van der Waals surface area contributed by atoms with Crippen molar-refractivity contribution in [3.8, 4) is 0 Å². The first-order chi connectivity index (χ1) is 9.15. The van der Waals surface area contributed by atoms with E-state index in [9.17, 15) is 9.18 Å². The second kappa shape index (κ2) is 6.63. The number of ether oxygens (including phenoxy) is 1. The lowest BCUT2D eigenvalue weighted by atomic mass is 10.1. The van der Waals surface area contributed by atoms with E-state index in [-0.39, 0.29) is 17.8 Å². The van der Waals surface area contributed by atoms with Crippen LogP contribution in [0.15, 0.2) is 24.3 Å². The van der Waals surface area contributed by atoms with E-state index >= 15 is 0 Å². The van der Waals surface area contributed by atoms with Crippen LogP contribution < -0.4 is 5.32 Å². The Balaban J connectivity index is 1.82. The van der Waals surface area contributed by atoms with Gasteiger partial charge in [0.15, 0.2) is 0 Å². The lowest BCUT2D eigenvalue weighted by molar-refractivity contribution is -0.123. The summed E-state index contributed by atoms with van der Waals surface area (Å²) < 4.78 is 18.0. The third kappa shape index (κ3) is 4.29. The van der Waals surface area contributed by atoms with Gasteiger partial charge in [-0.1, -0.05) is 12.1 Å². The van der Waals surface area contributed by atoms with Crippen molar-refractivity contribution in [2.75, 3.05) is 32.8 Å². The molecule has 0 saturated carbocycles. The molecule has 19 heavy (non-hydrogen) atoms. The molecular formula is C14H19FN2O2. The van der Waals surface area contributed by atoms with Crippen LogP contribution in [0.3, 0.4) is 0 Å². The van der Waals surface area contributed by atoms with Crippen LogP contribution in [0.1, 0.15) is 18.5 Å². The zero-order valence-electron chi connectivity index (χ0n) is 11.1. The van der Waals surface area contributed by atoms with Gasteiger partial charge in [-0.2, -0.15) is 0 Å². The first-order valence-electron chi connectivity index (χ1n) is 6.50. The van der Waals surface area contributed by atoms with Gasteiger partial charge < -0.3 is 10.1 Å². The number of carbonyl (C=O) groups excluding carboxylic acids is 1. The zero-order valence-corrected chi connectivity index (χ0v) is 11.1. The largest absolute Gasteiger partial charge is 0.379 e. The number of hydrogen-bond acceptors (Lipinski definition) is 3. The molecule has 1 aliphatic rings. The highest BCUT2D eigenvalue weighted by Crippen LogP contribution is 2.12. The molecule has 0 bridgehead atoms. The molecule has 1 amide bonds. The van der Waals surface area contributed by atoms with E-state index in [2.05, 4.69) is 10.2 Å². The summed E-state index contributed by atoms with van der Waals surface area (Å²) in [5.74, 6) is -0.283. The minimum Gasteiger partial charge on any atom is -0.379 e. The highest BCUT2D eigenvalue weighted by Gasteiger charge is 2.16. The molecule has 0 spiro atoms. The molecule has 0 aliphatic carbocycles. The maximum absolute atomic E-state index is 12.8. The molecule has 1 saturated heterocycles. The number of nitrogens with one attached hydrogen (secondary N) is 1. The average molecular weight is 266 g/mol. The fourth-order valence-corrected chi connectivity index (χ4v) is 2.08. The summed E-state index contributed by atoms with van der Waals surface area (Å²) in [5.41, 5.74) is 0.900. The van der Waals surface area contributed by atoms with Gasteiger partial charge in [0, 0.05) is 13.1 Å². The standard InChI is InChI=1S/C14H19FN2O2/c1-11(12-2-4-13(15)5-3-12)16-14(18)10-17-6-8-19-9-7-17/h2-5,11H,6-10H2,1H3,(H,16,18)/t11-/m1/s1. The Morgan fingerprint density at radius 1 is 1.37 bits per heavy atom. The molecule has 1 aromatic rings. The van der Waals surface area contributed by atoms with Crippen molar-refractivity contribution in [2.24, 2.45) is 0 Å². The minimum atomic E-state index is -0.268. The van der Waals surface area contributed by atoms with Gasteiger partial charge in [0.25, 0.3) is 0 Å². The zero-order chi connectivity index (χ0) is 13.7. The number of rotatable bonds is 4. The second-order valence-electron chi connectivity index (χ2n) is 4.73. The predicted octanol–water partition coefficient (Wildman–Crippen LogP) is 1.34. The van der Waals surface area contributed by atoms with E-state index in [4.69, 9.17) is 4.74 Å². The van der Waals surface area contributed by atoms with Crippen molar-refractivity contribution in [2.45, 2.75) is 13.0 Å². The molecule has 1 aliphatic heterocycles. The molecule has 1 aromatic carbocycles. The van der Waals surface area contributed by atoms with Crippen molar-refractivity contribution in [3.63, 3.8) is 0 Å². The van der Waals surface area contributed by atoms with Crippen LogP contribution >= 0.6 is 0 Å². The number of morpholine rings is 1. The number of nitrogens with zero attached hydrogens (tertiary/aromatic N) is 1.